The van der Waals surface area contributed by atoms with E-state index in [0.29, 0.717) is 18.9 Å². The molecule has 0 heterocycles. The van der Waals surface area contributed by atoms with Crippen LogP contribution in [-0.2, 0) is 4.79 Å². The molecule has 1 fully saturated rings. The first-order valence-electron chi connectivity index (χ1n) is 6.23. The third kappa shape index (κ3) is 4.65. The number of hydrogen-bond acceptors (Lipinski definition) is 2. The highest BCUT2D eigenvalue weighted by molar-refractivity contribution is 5.76. The number of rotatable bonds is 6. The summed E-state index contributed by atoms with van der Waals surface area (Å²) < 4.78 is 0. The highest BCUT2D eigenvalue weighted by Crippen LogP contribution is 2.23. The molecule has 0 aromatic rings. The number of nitrogens with two attached hydrogens (primary N) is 1. The molecule has 0 saturated heterocycles. The minimum atomic E-state index is 0.180. The lowest BCUT2D eigenvalue weighted by atomic mass is 10.0. The molecule has 0 aliphatic heterocycles. The molecule has 1 aliphatic rings. The average Bonchev–Trinajstić information content (AvgIpc) is 2.75. The maximum atomic E-state index is 11.6. The summed E-state index contributed by atoms with van der Waals surface area (Å²) in [5.41, 5.74) is 5.57. The number of nitrogens with one attached hydrogen (secondary N) is 1. The van der Waals surface area contributed by atoms with Crippen molar-refractivity contribution < 1.29 is 4.79 Å². The standard InChI is InChI=1S/C12H24N2O/c1-2-10(8-13)7-12(15)14-9-11-5-3-4-6-11/h10-11H,2-9,13H2,1H3,(H,14,15). The maximum Gasteiger partial charge on any atom is 0.220 e. The first kappa shape index (κ1) is 12.5. The summed E-state index contributed by atoms with van der Waals surface area (Å²) in [6, 6.07) is 0. The normalized spacial score (nSPS) is 19.1. The lowest BCUT2D eigenvalue weighted by Gasteiger charge is -2.14. The highest BCUT2D eigenvalue weighted by Gasteiger charge is 2.16. The predicted molar refractivity (Wildman–Crippen MR) is 62.4 cm³/mol. The van der Waals surface area contributed by atoms with E-state index in [4.69, 9.17) is 5.73 Å². The van der Waals surface area contributed by atoms with E-state index in [-0.39, 0.29) is 5.91 Å². The molecular weight excluding hydrogens is 188 g/mol. The predicted octanol–water partition coefficient (Wildman–Crippen LogP) is 1.67. The van der Waals surface area contributed by atoms with E-state index < -0.39 is 0 Å². The zero-order chi connectivity index (χ0) is 11.1. The van der Waals surface area contributed by atoms with Gasteiger partial charge in [0.2, 0.25) is 5.91 Å². The fourth-order valence-corrected chi connectivity index (χ4v) is 2.20. The Labute approximate surface area is 92.8 Å². The van der Waals surface area contributed by atoms with Gasteiger partial charge in [0, 0.05) is 13.0 Å². The van der Waals surface area contributed by atoms with Crippen molar-refractivity contribution in [3.05, 3.63) is 0 Å². The van der Waals surface area contributed by atoms with Gasteiger partial charge in [-0.25, -0.2) is 0 Å². The monoisotopic (exact) mass is 212 g/mol. The Balaban J connectivity index is 2.11. The van der Waals surface area contributed by atoms with Crippen LogP contribution in [0.15, 0.2) is 0 Å². The topological polar surface area (TPSA) is 55.1 Å². The van der Waals surface area contributed by atoms with Crippen molar-refractivity contribution in [2.24, 2.45) is 17.6 Å². The molecule has 15 heavy (non-hydrogen) atoms. The molecule has 0 radical (unpaired) electrons. The van der Waals surface area contributed by atoms with Crippen LogP contribution in [0, 0.1) is 11.8 Å². The molecule has 1 atom stereocenters. The third-order valence-electron chi connectivity index (χ3n) is 3.45. The summed E-state index contributed by atoms with van der Waals surface area (Å²) in [5, 5.41) is 3.03. The van der Waals surface area contributed by atoms with Gasteiger partial charge in [-0.15, -0.1) is 0 Å². The second-order valence-corrected chi connectivity index (χ2v) is 4.67. The van der Waals surface area contributed by atoms with Crippen molar-refractivity contribution in [3.8, 4) is 0 Å². The fourth-order valence-electron chi connectivity index (χ4n) is 2.20. The minimum absolute atomic E-state index is 0.180. The van der Waals surface area contributed by atoms with Gasteiger partial charge in [0.25, 0.3) is 0 Å². The van der Waals surface area contributed by atoms with Crippen molar-refractivity contribution in [3.63, 3.8) is 0 Å². The van der Waals surface area contributed by atoms with Gasteiger partial charge in [0.15, 0.2) is 0 Å². The van der Waals surface area contributed by atoms with Crippen LogP contribution in [0.3, 0.4) is 0 Å². The molecule has 1 saturated carbocycles. The molecule has 3 N–H and O–H groups in total. The van der Waals surface area contributed by atoms with Crippen molar-refractivity contribution in [2.75, 3.05) is 13.1 Å². The maximum absolute atomic E-state index is 11.6. The summed E-state index contributed by atoms with van der Waals surface area (Å²) in [7, 11) is 0. The van der Waals surface area contributed by atoms with E-state index in [1.54, 1.807) is 0 Å². The lowest BCUT2D eigenvalue weighted by molar-refractivity contribution is -0.122. The molecule has 3 nitrogen and oxygen atoms in total. The molecule has 0 aromatic carbocycles. The highest BCUT2D eigenvalue weighted by atomic mass is 16.1. The Morgan fingerprint density at radius 2 is 2.13 bits per heavy atom. The third-order valence-corrected chi connectivity index (χ3v) is 3.45. The zero-order valence-corrected chi connectivity index (χ0v) is 9.80. The van der Waals surface area contributed by atoms with Crippen molar-refractivity contribution in [2.45, 2.75) is 45.4 Å². The zero-order valence-electron chi connectivity index (χ0n) is 9.80. The van der Waals surface area contributed by atoms with Crippen LogP contribution in [0.2, 0.25) is 0 Å². The first-order valence-corrected chi connectivity index (χ1v) is 6.23. The quantitative estimate of drug-likeness (QED) is 0.703. The summed E-state index contributed by atoms with van der Waals surface area (Å²) in [6.07, 6.45) is 6.83. The summed E-state index contributed by atoms with van der Waals surface area (Å²) in [5.74, 6) is 1.26. The van der Waals surface area contributed by atoms with Gasteiger partial charge in [-0.05, 0) is 31.2 Å². The van der Waals surface area contributed by atoms with Gasteiger partial charge in [-0.1, -0.05) is 26.2 Å². The number of hydrogen-bond donors (Lipinski definition) is 2. The Kier molecular flexibility index (Phi) is 5.69. The van der Waals surface area contributed by atoms with Gasteiger partial charge in [-0.2, -0.15) is 0 Å². The summed E-state index contributed by atoms with van der Waals surface area (Å²) >= 11 is 0. The number of carbonyl (C=O) groups is 1. The number of amides is 1. The molecule has 3 heteroatoms. The van der Waals surface area contributed by atoms with E-state index >= 15 is 0 Å². The second kappa shape index (κ2) is 6.83. The van der Waals surface area contributed by atoms with Crippen LogP contribution in [0.5, 0.6) is 0 Å². The van der Waals surface area contributed by atoms with E-state index in [2.05, 4.69) is 12.2 Å². The Morgan fingerprint density at radius 3 is 2.67 bits per heavy atom. The molecule has 1 aliphatic carbocycles. The molecule has 88 valence electrons. The van der Waals surface area contributed by atoms with E-state index in [9.17, 15) is 4.79 Å². The Morgan fingerprint density at radius 1 is 1.47 bits per heavy atom. The van der Waals surface area contributed by atoms with Crippen LogP contribution >= 0.6 is 0 Å². The largest absolute Gasteiger partial charge is 0.356 e. The Hall–Kier alpha value is -0.570. The van der Waals surface area contributed by atoms with E-state index in [0.717, 1.165) is 18.9 Å². The number of carbonyl (C=O) groups excluding carboxylic acids is 1. The second-order valence-electron chi connectivity index (χ2n) is 4.67. The molecular formula is C12H24N2O. The molecule has 1 unspecified atom stereocenters. The van der Waals surface area contributed by atoms with Gasteiger partial charge in [0.1, 0.15) is 0 Å². The molecule has 0 spiro atoms. The lowest BCUT2D eigenvalue weighted by Crippen LogP contribution is -2.31. The van der Waals surface area contributed by atoms with Gasteiger partial charge >= 0.3 is 0 Å². The van der Waals surface area contributed by atoms with Gasteiger partial charge in [0.05, 0.1) is 0 Å². The molecule has 0 bridgehead atoms. The summed E-state index contributed by atoms with van der Waals surface area (Å²) in [6.45, 7) is 3.58. The molecule has 0 aromatic heterocycles. The van der Waals surface area contributed by atoms with Crippen molar-refractivity contribution in [1.82, 2.24) is 5.32 Å². The Bertz CT molecular complexity index is 184. The van der Waals surface area contributed by atoms with E-state index in [1.807, 2.05) is 0 Å². The SMILES string of the molecule is CCC(CN)CC(=O)NCC1CCCC1. The van der Waals surface area contributed by atoms with Crippen LogP contribution in [0.4, 0.5) is 0 Å². The van der Waals surface area contributed by atoms with Crippen molar-refractivity contribution >= 4 is 5.91 Å². The van der Waals surface area contributed by atoms with Crippen LogP contribution in [0.1, 0.15) is 45.4 Å². The van der Waals surface area contributed by atoms with Crippen LogP contribution in [-0.4, -0.2) is 19.0 Å². The molecule has 1 amide bonds. The fraction of sp³-hybridized carbons (Fsp3) is 0.917. The minimum Gasteiger partial charge on any atom is -0.356 e. The van der Waals surface area contributed by atoms with Crippen LogP contribution < -0.4 is 11.1 Å². The van der Waals surface area contributed by atoms with Crippen molar-refractivity contribution in [1.29, 1.82) is 0 Å². The van der Waals surface area contributed by atoms with Gasteiger partial charge < -0.3 is 11.1 Å². The average molecular weight is 212 g/mol. The van der Waals surface area contributed by atoms with Gasteiger partial charge in [-0.3, -0.25) is 4.79 Å². The smallest absolute Gasteiger partial charge is 0.220 e. The first-order chi connectivity index (χ1) is 7.26. The van der Waals surface area contributed by atoms with Crippen LogP contribution in [0.25, 0.3) is 0 Å². The summed E-state index contributed by atoms with van der Waals surface area (Å²) in [4.78, 5) is 11.6. The molecule has 1 rings (SSSR count). The van der Waals surface area contributed by atoms with E-state index in [1.165, 1.54) is 25.7 Å².